The highest BCUT2D eigenvalue weighted by Crippen LogP contribution is 2.18. The van der Waals surface area contributed by atoms with Gasteiger partial charge in [-0.25, -0.2) is 8.42 Å². The third kappa shape index (κ3) is 7.12. The molecule has 1 heterocycles. The third-order valence-corrected chi connectivity index (χ3v) is 5.18. The maximum Gasteiger partial charge on any atom is 0.405 e. The van der Waals surface area contributed by atoms with Gasteiger partial charge >= 0.3 is 6.18 Å². The Kier molecular flexibility index (Phi) is 6.45. The Morgan fingerprint density at radius 2 is 2.05 bits per heavy atom. The minimum Gasteiger partial charge on any atom is -0.347 e. The van der Waals surface area contributed by atoms with Crippen molar-refractivity contribution < 1.29 is 26.4 Å². The van der Waals surface area contributed by atoms with Gasteiger partial charge in [0, 0.05) is 18.8 Å². The smallest absolute Gasteiger partial charge is 0.347 e. The van der Waals surface area contributed by atoms with Crippen molar-refractivity contribution in [1.29, 1.82) is 0 Å². The summed E-state index contributed by atoms with van der Waals surface area (Å²) in [6, 6.07) is 0. The van der Waals surface area contributed by atoms with Crippen LogP contribution < -0.4 is 5.32 Å². The zero-order valence-electron chi connectivity index (χ0n) is 11.9. The zero-order valence-corrected chi connectivity index (χ0v) is 12.8. The van der Waals surface area contributed by atoms with E-state index in [0.29, 0.717) is 32.5 Å². The number of likely N-dealkylation sites (tertiary alicyclic amines) is 1. The molecule has 0 saturated carbocycles. The van der Waals surface area contributed by atoms with Gasteiger partial charge in [-0.3, -0.25) is 4.79 Å². The third-order valence-electron chi connectivity index (χ3n) is 3.50. The number of sulfone groups is 1. The first-order valence-electron chi connectivity index (χ1n) is 6.90. The number of carbonyl (C=O) groups excluding carboxylic acids is 1. The molecule has 1 aliphatic heterocycles. The van der Waals surface area contributed by atoms with Crippen molar-refractivity contribution >= 4 is 15.7 Å². The van der Waals surface area contributed by atoms with E-state index in [1.807, 2.05) is 10.2 Å². The van der Waals surface area contributed by atoms with E-state index in [4.69, 9.17) is 0 Å². The lowest BCUT2D eigenvalue weighted by atomic mass is 9.97. The van der Waals surface area contributed by atoms with Crippen LogP contribution in [0.3, 0.4) is 0 Å². The van der Waals surface area contributed by atoms with E-state index < -0.39 is 34.4 Å². The van der Waals surface area contributed by atoms with Gasteiger partial charge in [-0.2, -0.15) is 13.2 Å². The Bertz CT molecular complexity index is 451. The normalized spacial score (nSPS) is 21.2. The first-order chi connectivity index (χ1) is 9.63. The molecule has 0 unspecified atom stereocenters. The molecule has 21 heavy (non-hydrogen) atoms. The van der Waals surface area contributed by atoms with E-state index >= 15 is 0 Å². The second-order valence-corrected chi connectivity index (χ2v) is 7.68. The largest absolute Gasteiger partial charge is 0.405 e. The predicted octanol–water partition coefficient (Wildman–Crippen LogP) is 0.812. The van der Waals surface area contributed by atoms with E-state index in [1.165, 1.54) is 0 Å². The zero-order chi connectivity index (χ0) is 16.1. The van der Waals surface area contributed by atoms with Gasteiger partial charge in [-0.1, -0.05) is 6.92 Å². The Labute approximate surface area is 122 Å². The maximum absolute atomic E-state index is 12.1. The predicted molar refractivity (Wildman–Crippen MR) is 72.6 cm³/mol. The minimum absolute atomic E-state index is 0.0143. The average Bonchev–Trinajstić information content (AvgIpc) is 2.42. The number of hydrogen-bond donors (Lipinski definition) is 1. The summed E-state index contributed by atoms with van der Waals surface area (Å²) in [5.41, 5.74) is 0. The quantitative estimate of drug-likeness (QED) is 0.783. The fourth-order valence-corrected chi connectivity index (χ4v) is 3.04. The fraction of sp³-hybridized carbons (Fsp3) is 0.917. The van der Waals surface area contributed by atoms with Crippen molar-refractivity contribution in [1.82, 2.24) is 10.2 Å². The fourth-order valence-electron chi connectivity index (χ4n) is 2.22. The highest BCUT2D eigenvalue weighted by atomic mass is 32.2. The van der Waals surface area contributed by atoms with Crippen molar-refractivity contribution in [2.75, 3.05) is 37.7 Å². The van der Waals surface area contributed by atoms with Crippen LogP contribution in [0.25, 0.3) is 0 Å². The molecule has 1 N–H and O–H groups in total. The number of carbonyl (C=O) groups is 1. The van der Waals surface area contributed by atoms with Gasteiger partial charge in [0.05, 0.1) is 11.7 Å². The first kappa shape index (κ1) is 18.2. The number of halogens is 3. The van der Waals surface area contributed by atoms with E-state index in [-0.39, 0.29) is 11.5 Å². The van der Waals surface area contributed by atoms with Gasteiger partial charge in [0.15, 0.2) is 9.84 Å². The van der Waals surface area contributed by atoms with Crippen molar-refractivity contribution in [3.8, 4) is 0 Å². The summed E-state index contributed by atoms with van der Waals surface area (Å²) < 4.78 is 59.1. The summed E-state index contributed by atoms with van der Waals surface area (Å²) in [4.78, 5) is 13.5. The summed E-state index contributed by atoms with van der Waals surface area (Å²) in [7, 11) is -3.08. The van der Waals surface area contributed by atoms with Crippen molar-refractivity contribution in [3.63, 3.8) is 0 Å². The SMILES string of the molecule is CCS(=O)(=O)CCN1CCC[C@H](C(=O)NCC(F)(F)F)C1. The number of hydrogen-bond acceptors (Lipinski definition) is 4. The molecule has 1 rings (SSSR count). The van der Waals surface area contributed by atoms with Crippen LogP contribution in [0.1, 0.15) is 19.8 Å². The minimum atomic E-state index is -4.42. The highest BCUT2D eigenvalue weighted by molar-refractivity contribution is 7.91. The van der Waals surface area contributed by atoms with Crippen LogP contribution in [-0.2, 0) is 14.6 Å². The van der Waals surface area contributed by atoms with Crippen LogP contribution in [0.15, 0.2) is 0 Å². The molecule has 9 heteroatoms. The molecule has 1 aliphatic rings. The van der Waals surface area contributed by atoms with Gasteiger partial charge < -0.3 is 10.2 Å². The molecule has 1 amide bonds. The molecule has 0 aromatic rings. The summed E-state index contributed by atoms with van der Waals surface area (Å²) in [6.07, 6.45) is -3.21. The van der Waals surface area contributed by atoms with Crippen molar-refractivity contribution in [2.24, 2.45) is 5.92 Å². The number of rotatable bonds is 6. The Morgan fingerprint density at radius 3 is 2.62 bits per heavy atom. The van der Waals surface area contributed by atoms with Gasteiger partial charge in [-0.15, -0.1) is 0 Å². The summed E-state index contributed by atoms with van der Waals surface area (Å²) >= 11 is 0. The molecule has 1 fully saturated rings. The van der Waals surface area contributed by atoms with Crippen LogP contribution >= 0.6 is 0 Å². The van der Waals surface area contributed by atoms with Crippen molar-refractivity contribution in [3.05, 3.63) is 0 Å². The molecular weight excluding hydrogens is 309 g/mol. The standard InChI is InChI=1S/C12H21F3N2O3S/c1-2-21(19,20)7-6-17-5-3-4-10(8-17)11(18)16-9-12(13,14)15/h10H,2-9H2,1H3,(H,16,18)/t10-/m0/s1. The summed E-state index contributed by atoms with van der Waals surface area (Å²) in [5, 5.41) is 1.89. The molecule has 5 nitrogen and oxygen atoms in total. The lowest BCUT2D eigenvalue weighted by Gasteiger charge is -2.31. The van der Waals surface area contributed by atoms with Crippen LogP contribution in [0.2, 0.25) is 0 Å². The van der Waals surface area contributed by atoms with Crippen LogP contribution in [-0.4, -0.2) is 63.1 Å². The van der Waals surface area contributed by atoms with Crippen LogP contribution in [0, 0.1) is 5.92 Å². The summed E-state index contributed by atoms with van der Waals surface area (Å²) in [6.45, 7) is 1.54. The number of amides is 1. The van der Waals surface area contributed by atoms with Crippen LogP contribution in [0.4, 0.5) is 13.2 Å². The second-order valence-electron chi connectivity index (χ2n) is 5.21. The number of piperidine rings is 1. The molecular formula is C12H21F3N2O3S. The lowest BCUT2D eigenvalue weighted by molar-refractivity contribution is -0.141. The molecule has 1 atom stereocenters. The Balaban J connectivity index is 2.43. The van der Waals surface area contributed by atoms with E-state index in [2.05, 4.69) is 0 Å². The number of nitrogens with one attached hydrogen (secondary N) is 1. The first-order valence-corrected chi connectivity index (χ1v) is 8.72. The van der Waals surface area contributed by atoms with Gasteiger partial charge in [-0.05, 0) is 19.4 Å². The van der Waals surface area contributed by atoms with Gasteiger partial charge in [0.2, 0.25) is 5.91 Å². The van der Waals surface area contributed by atoms with E-state index in [1.54, 1.807) is 6.92 Å². The monoisotopic (exact) mass is 330 g/mol. The molecule has 0 aromatic carbocycles. The molecule has 0 aliphatic carbocycles. The Hall–Kier alpha value is -0.830. The van der Waals surface area contributed by atoms with Crippen molar-refractivity contribution in [2.45, 2.75) is 25.9 Å². The van der Waals surface area contributed by atoms with Gasteiger partial charge in [0.25, 0.3) is 0 Å². The van der Waals surface area contributed by atoms with Gasteiger partial charge in [0.1, 0.15) is 6.54 Å². The van der Waals surface area contributed by atoms with Crippen LogP contribution in [0.5, 0.6) is 0 Å². The van der Waals surface area contributed by atoms with E-state index in [0.717, 1.165) is 0 Å². The number of nitrogens with zero attached hydrogens (tertiary/aromatic N) is 1. The molecule has 0 spiro atoms. The highest BCUT2D eigenvalue weighted by Gasteiger charge is 2.31. The molecule has 0 aromatic heterocycles. The molecule has 0 bridgehead atoms. The lowest BCUT2D eigenvalue weighted by Crippen LogP contribution is -2.46. The van der Waals surface area contributed by atoms with E-state index in [9.17, 15) is 26.4 Å². The summed E-state index contributed by atoms with van der Waals surface area (Å²) in [5.74, 6) is -1.04. The Morgan fingerprint density at radius 1 is 1.38 bits per heavy atom. The molecule has 1 saturated heterocycles. The maximum atomic E-state index is 12.1. The topological polar surface area (TPSA) is 66.5 Å². The second kappa shape index (κ2) is 7.44. The average molecular weight is 330 g/mol. The number of alkyl halides is 3. The molecule has 124 valence electrons. The molecule has 0 radical (unpaired) electrons.